The van der Waals surface area contributed by atoms with E-state index in [0.29, 0.717) is 19.3 Å². The van der Waals surface area contributed by atoms with Gasteiger partial charge in [-0.05, 0) is 44.1 Å². The fourth-order valence-corrected chi connectivity index (χ4v) is 10.5. The van der Waals surface area contributed by atoms with Gasteiger partial charge in [0.25, 0.3) is 0 Å². The molecule has 2 aliphatic rings. The number of fused-ring (bicyclic) bond motifs is 3. The third-order valence-corrected chi connectivity index (χ3v) is 15.5. The van der Waals surface area contributed by atoms with Crippen LogP contribution < -0.4 is 11.4 Å². The summed E-state index contributed by atoms with van der Waals surface area (Å²) in [5.74, 6) is -4.44. The number of Topliss-reactive ketones (excluding diaryl/α,β-unsaturated/α-hetero) is 1. The van der Waals surface area contributed by atoms with Crippen molar-refractivity contribution >= 4 is 39.2 Å². The number of nitrogen functional groups attached to an aromatic ring is 1. The number of nitrogens with zero attached hydrogens (tertiary/aromatic N) is 2. The number of nitrogens with two attached hydrogens (primary N) is 1. The van der Waals surface area contributed by atoms with Gasteiger partial charge >= 0.3 is 33.3 Å². The van der Waals surface area contributed by atoms with Crippen molar-refractivity contribution in [3.05, 3.63) is 47.1 Å². The fraction of sp³-hybridized carbons (Fsp3) is 0.776. The molecule has 2 aliphatic heterocycles. The molecule has 2 bridgehead atoms. The molecule has 3 rings (SSSR count). The first-order chi connectivity index (χ1) is 34.3. The van der Waals surface area contributed by atoms with Crippen LogP contribution in [0.4, 0.5) is 5.82 Å². The highest BCUT2D eigenvalue weighted by atomic mass is 31.3. The second-order valence-corrected chi connectivity index (χ2v) is 22.1. The summed E-state index contributed by atoms with van der Waals surface area (Å²) in [6, 6.07) is 1.23. The third-order valence-electron chi connectivity index (χ3n) is 12.9. The maximum atomic E-state index is 14.0. The van der Waals surface area contributed by atoms with E-state index in [0.717, 1.165) is 61.6 Å². The minimum atomic E-state index is -5.72. The number of aliphatic hydroxyl groups excluding tert-OH is 4. The van der Waals surface area contributed by atoms with Crippen molar-refractivity contribution in [2.45, 2.75) is 205 Å². The van der Waals surface area contributed by atoms with E-state index in [1.54, 1.807) is 12.2 Å². The van der Waals surface area contributed by atoms with Gasteiger partial charge in [0.05, 0.1) is 37.4 Å². The topological polar surface area (TPSA) is 323 Å². The van der Waals surface area contributed by atoms with Crippen LogP contribution in [0, 0.1) is 17.8 Å². The molecule has 0 saturated carbocycles. The quantitative estimate of drug-likeness (QED) is 0.0264. The maximum Gasteiger partial charge on any atom is 0.481 e. The number of ketones is 1. The Morgan fingerprint density at radius 2 is 1.53 bits per heavy atom. The van der Waals surface area contributed by atoms with Gasteiger partial charge in [0.2, 0.25) is 0 Å². The molecule has 21 nitrogen and oxygen atoms in total. The average molecular weight is 1060 g/mol. The summed E-state index contributed by atoms with van der Waals surface area (Å²) in [4.78, 5) is 78.1. The Labute approximate surface area is 424 Å². The first-order valence-corrected chi connectivity index (χ1v) is 28.8. The maximum absolute atomic E-state index is 14.0. The summed E-state index contributed by atoms with van der Waals surface area (Å²) in [5, 5.41) is 45.7. The van der Waals surface area contributed by atoms with Crippen LogP contribution in [0.5, 0.6) is 0 Å². The van der Waals surface area contributed by atoms with Gasteiger partial charge in [0.15, 0.2) is 6.10 Å². The first kappa shape index (κ1) is 63.1. The number of carbonyl (C=O) groups is 3. The van der Waals surface area contributed by atoms with E-state index in [2.05, 4.69) is 23.1 Å². The molecular formula is C49H83N3O18P2. The lowest BCUT2D eigenvalue weighted by Crippen LogP contribution is -2.51. The van der Waals surface area contributed by atoms with Crippen LogP contribution in [0.3, 0.4) is 0 Å². The number of esters is 2. The molecule has 23 heteroatoms. The summed E-state index contributed by atoms with van der Waals surface area (Å²) in [6.45, 7) is 3.73. The van der Waals surface area contributed by atoms with Gasteiger partial charge < -0.3 is 50.2 Å². The molecule has 0 amide bonds. The number of cyclic esters (lactones) is 1. The summed E-state index contributed by atoms with van der Waals surface area (Å²) in [5.41, 5.74) is 4.75. The van der Waals surface area contributed by atoms with Crippen LogP contribution >= 0.6 is 15.6 Å². The van der Waals surface area contributed by atoms with Crippen molar-refractivity contribution in [1.29, 1.82) is 0 Å². The Morgan fingerprint density at radius 1 is 0.889 bits per heavy atom. The Balaban J connectivity index is 1.83. The molecule has 412 valence electrons. The molecule has 1 aromatic rings. The molecule has 12 atom stereocenters. The standard InChI is InChI=1S/C49H83N3O18P2/c1-4-6-17-23-36(53)27-28-38-40(54)31-41(55)39-24-19-15-16-20-25-44(56)65-32-37(68-45(57)26-21-14-12-10-8-7-9-11-13-18-22-35(3)5-2)33-66-71(61,62)70-72(63,64)67-34-42(47(59)46(38)58)69-48(39)52-30-29-43(50)51-49(52)60/h15,19,27-30,35-39,41-42,46-48,53,55,58-59H,4-14,16-18,20-26,31-34H2,1-3H3,(H,61,62)(H,63,64)(H2,50,51,60)/b19-15-,28-27?/t35?,36-,37+,38-,39-,41-,42+,46-,47+,48+/m0/s1. The van der Waals surface area contributed by atoms with E-state index >= 15 is 0 Å². The van der Waals surface area contributed by atoms with Gasteiger partial charge in [-0.1, -0.05) is 135 Å². The molecule has 0 aliphatic carbocycles. The molecule has 0 spiro atoms. The predicted octanol–water partition coefficient (Wildman–Crippen LogP) is 7.06. The van der Waals surface area contributed by atoms with Crippen LogP contribution in [0.1, 0.15) is 168 Å². The monoisotopic (exact) mass is 1060 g/mol. The van der Waals surface area contributed by atoms with Crippen LogP contribution in [0.25, 0.3) is 0 Å². The van der Waals surface area contributed by atoms with E-state index in [4.69, 9.17) is 29.0 Å². The predicted molar refractivity (Wildman–Crippen MR) is 267 cm³/mol. The minimum Gasteiger partial charge on any atom is -0.462 e. The summed E-state index contributed by atoms with van der Waals surface area (Å²) < 4.78 is 58.9. The van der Waals surface area contributed by atoms with Gasteiger partial charge in [-0.2, -0.15) is 9.29 Å². The fourth-order valence-electron chi connectivity index (χ4n) is 8.40. The number of allylic oxidation sites excluding steroid dienone is 2. The molecule has 3 unspecified atom stereocenters. The van der Waals surface area contributed by atoms with Crippen molar-refractivity contribution in [2.24, 2.45) is 17.8 Å². The number of phosphoric ester groups is 2. The SMILES string of the molecule is CCCCC[C@H](O)C=C[C@H]1C(=O)C[C@H](O)[C@@H]2C/C=C\CCCC(=O)OC[C@@H](OC(=O)CCCCCCCCCCCCC(C)CC)COP(=O)(O)OP(=O)(O)OC[C@@H](O[C@H]2n2ccc(N)nc2=O)[C@@H](O)[C@H]1O. The minimum absolute atomic E-state index is 0.00185. The van der Waals surface area contributed by atoms with Gasteiger partial charge in [-0.15, -0.1) is 0 Å². The molecule has 3 heterocycles. The highest BCUT2D eigenvalue weighted by molar-refractivity contribution is 7.61. The average Bonchev–Trinajstić information content (AvgIpc) is 3.31. The highest BCUT2D eigenvalue weighted by Crippen LogP contribution is 2.60. The van der Waals surface area contributed by atoms with Crippen LogP contribution in [0.15, 0.2) is 41.4 Å². The Hall–Kier alpha value is -3.17. The first-order valence-electron chi connectivity index (χ1n) is 25.8. The number of unbranched alkanes of at least 4 members (excludes halogenated alkanes) is 11. The zero-order chi connectivity index (χ0) is 53.1. The van der Waals surface area contributed by atoms with Crippen molar-refractivity contribution in [1.82, 2.24) is 9.55 Å². The molecule has 1 aromatic heterocycles. The van der Waals surface area contributed by atoms with E-state index in [1.807, 2.05) is 6.92 Å². The zero-order valence-corrected chi connectivity index (χ0v) is 44.2. The van der Waals surface area contributed by atoms with E-state index in [9.17, 15) is 58.5 Å². The van der Waals surface area contributed by atoms with E-state index in [1.165, 1.54) is 56.7 Å². The second-order valence-electron chi connectivity index (χ2n) is 19.1. The Kier molecular flexibility index (Phi) is 29.5. The number of rotatable bonds is 22. The lowest BCUT2D eigenvalue weighted by Gasteiger charge is -2.39. The summed E-state index contributed by atoms with van der Waals surface area (Å²) in [7, 11) is -11.3. The second kappa shape index (κ2) is 33.7. The van der Waals surface area contributed by atoms with Gasteiger partial charge in [-0.25, -0.2) is 13.9 Å². The van der Waals surface area contributed by atoms with Crippen molar-refractivity contribution in [3.8, 4) is 0 Å². The number of ether oxygens (including phenoxy) is 3. The van der Waals surface area contributed by atoms with Gasteiger partial charge in [0.1, 0.15) is 36.6 Å². The van der Waals surface area contributed by atoms with Crippen LogP contribution in [-0.2, 0) is 51.1 Å². The number of carbonyl (C=O) groups excluding carboxylic acids is 3. The molecule has 1 fully saturated rings. The van der Waals surface area contributed by atoms with Crippen LogP contribution in [0.2, 0.25) is 0 Å². The largest absolute Gasteiger partial charge is 0.481 e. The molecule has 72 heavy (non-hydrogen) atoms. The smallest absolute Gasteiger partial charge is 0.462 e. The van der Waals surface area contributed by atoms with Crippen molar-refractivity contribution in [2.75, 3.05) is 25.6 Å². The van der Waals surface area contributed by atoms with Crippen molar-refractivity contribution in [3.63, 3.8) is 0 Å². The Morgan fingerprint density at radius 3 is 2.18 bits per heavy atom. The van der Waals surface area contributed by atoms with E-state index < -0.39 is 120 Å². The number of phosphoric acid groups is 2. The molecule has 0 aromatic carbocycles. The van der Waals surface area contributed by atoms with Crippen molar-refractivity contribution < 1.29 is 81.3 Å². The molecule has 8 N–H and O–H groups in total. The molecule has 1 saturated heterocycles. The third kappa shape index (κ3) is 24.5. The number of hydrogen-bond acceptors (Lipinski definition) is 18. The zero-order valence-electron chi connectivity index (χ0n) is 42.4. The van der Waals surface area contributed by atoms with E-state index in [-0.39, 0.29) is 37.9 Å². The summed E-state index contributed by atoms with van der Waals surface area (Å²) in [6.07, 6.45) is 10.1. The van der Waals surface area contributed by atoms with Gasteiger partial charge in [-0.3, -0.25) is 28.0 Å². The van der Waals surface area contributed by atoms with Gasteiger partial charge in [0, 0.05) is 31.4 Å². The summed E-state index contributed by atoms with van der Waals surface area (Å²) >= 11 is 0. The number of aliphatic hydroxyl groups is 4. The highest BCUT2D eigenvalue weighted by Gasteiger charge is 2.45. The lowest BCUT2D eigenvalue weighted by atomic mass is 9.83. The number of anilines is 1. The normalized spacial score (nSPS) is 30.2. The number of hydrogen-bond donors (Lipinski definition) is 7. The lowest BCUT2D eigenvalue weighted by molar-refractivity contribution is -0.186. The number of aromatic nitrogens is 2. The molecular weight excluding hydrogens is 980 g/mol. The molecule has 0 radical (unpaired) electrons. The Bertz CT molecular complexity index is 1990. The van der Waals surface area contributed by atoms with Crippen LogP contribution in [-0.4, -0.2) is 114 Å².